The summed E-state index contributed by atoms with van der Waals surface area (Å²) in [5.41, 5.74) is 2.68. The first-order valence-electron chi connectivity index (χ1n) is 6.53. The molecule has 2 nitrogen and oxygen atoms in total. The number of rotatable bonds is 2. The Kier molecular flexibility index (Phi) is 2.95. The standard InChI is InChI=1S/C15H18N2/c1-2-4-12(5-3-1)13-6-8-14(9-7-13)15-16-10-11-17-15/h6-12H,1-5H2,(H,16,17). The highest BCUT2D eigenvalue weighted by atomic mass is 14.9. The molecule has 0 radical (unpaired) electrons. The van der Waals surface area contributed by atoms with E-state index in [1.807, 2.05) is 6.20 Å². The highest BCUT2D eigenvalue weighted by Gasteiger charge is 2.15. The van der Waals surface area contributed by atoms with Crippen LogP contribution in [0, 0.1) is 0 Å². The van der Waals surface area contributed by atoms with Gasteiger partial charge in [-0.1, -0.05) is 43.5 Å². The fraction of sp³-hybridized carbons (Fsp3) is 0.400. The molecule has 17 heavy (non-hydrogen) atoms. The van der Waals surface area contributed by atoms with Crippen LogP contribution in [0.2, 0.25) is 0 Å². The van der Waals surface area contributed by atoms with Gasteiger partial charge in [0.2, 0.25) is 0 Å². The molecule has 1 saturated carbocycles. The third-order valence-corrected chi connectivity index (χ3v) is 3.76. The lowest BCUT2D eigenvalue weighted by atomic mass is 9.84. The highest BCUT2D eigenvalue weighted by Crippen LogP contribution is 2.33. The Balaban J connectivity index is 1.80. The molecule has 0 bridgehead atoms. The van der Waals surface area contributed by atoms with Gasteiger partial charge in [0.15, 0.2) is 0 Å². The lowest BCUT2D eigenvalue weighted by molar-refractivity contribution is 0.443. The molecule has 1 N–H and O–H groups in total. The van der Waals surface area contributed by atoms with Gasteiger partial charge in [-0.15, -0.1) is 0 Å². The summed E-state index contributed by atoms with van der Waals surface area (Å²) in [6.07, 6.45) is 10.6. The van der Waals surface area contributed by atoms with Crippen molar-refractivity contribution >= 4 is 0 Å². The van der Waals surface area contributed by atoms with Gasteiger partial charge >= 0.3 is 0 Å². The van der Waals surface area contributed by atoms with Crippen LogP contribution in [0.4, 0.5) is 0 Å². The molecular formula is C15H18N2. The summed E-state index contributed by atoms with van der Waals surface area (Å²) in [4.78, 5) is 7.41. The highest BCUT2D eigenvalue weighted by molar-refractivity contribution is 5.55. The number of imidazole rings is 1. The molecule has 0 saturated heterocycles. The van der Waals surface area contributed by atoms with Crippen LogP contribution in [0.15, 0.2) is 36.7 Å². The van der Waals surface area contributed by atoms with E-state index >= 15 is 0 Å². The average Bonchev–Trinajstić information content (AvgIpc) is 2.94. The van der Waals surface area contributed by atoms with Crippen molar-refractivity contribution < 1.29 is 0 Å². The third-order valence-electron chi connectivity index (χ3n) is 3.76. The summed E-state index contributed by atoms with van der Waals surface area (Å²) >= 11 is 0. The van der Waals surface area contributed by atoms with Crippen molar-refractivity contribution in [3.63, 3.8) is 0 Å². The van der Waals surface area contributed by atoms with Gasteiger partial charge < -0.3 is 4.98 Å². The number of aromatic amines is 1. The molecule has 0 amide bonds. The summed E-state index contributed by atoms with van der Waals surface area (Å²) in [7, 11) is 0. The van der Waals surface area contributed by atoms with E-state index in [9.17, 15) is 0 Å². The van der Waals surface area contributed by atoms with E-state index in [0.29, 0.717) is 0 Å². The van der Waals surface area contributed by atoms with E-state index in [0.717, 1.165) is 11.7 Å². The van der Waals surface area contributed by atoms with E-state index in [4.69, 9.17) is 0 Å². The Morgan fingerprint density at radius 2 is 1.76 bits per heavy atom. The number of H-pyrrole nitrogens is 1. The topological polar surface area (TPSA) is 28.7 Å². The van der Waals surface area contributed by atoms with Gasteiger partial charge in [-0.2, -0.15) is 0 Å². The number of hydrogen-bond acceptors (Lipinski definition) is 1. The second-order valence-corrected chi connectivity index (χ2v) is 4.89. The van der Waals surface area contributed by atoms with E-state index < -0.39 is 0 Å². The van der Waals surface area contributed by atoms with Gasteiger partial charge in [-0.3, -0.25) is 0 Å². The molecule has 1 aliphatic rings. The van der Waals surface area contributed by atoms with Crippen molar-refractivity contribution in [1.82, 2.24) is 9.97 Å². The molecule has 1 heterocycles. The van der Waals surface area contributed by atoms with Gasteiger partial charge in [0, 0.05) is 18.0 Å². The second-order valence-electron chi connectivity index (χ2n) is 4.89. The Morgan fingerprint density at radius 3 is 2.41 bits per heavy atom. The zero-order valence-corrected chi connectivity index (χ0v) is 10.0. The minimum absolute atomic E-state index is 0.786. The first kappa shape index (κ1) is 10.6. The van der Waals surface area contributed by atoms with Crippen LogP contribution in [0.5, 0.6) is 0 Å². The normalized spacial score (nSPS) is 17.2. The summed E-state index contributed by atoms with van der Waals surface area (Å²) in [5, 5.41) is 0. The molecule has 0 unspecified atom stereocenters. The first-order chi connectivity index (χ1) is 8.43. The quantitative estimate of drug-likeness (QED) is 0.819. The van der Waals surface area contributed by atoms with Crippen molar-refractivity contribution in [2.75, 3.05) is 0 Å². The van der Waals surface area contributed by atoms with Crippen molar-refractivity contribution in [3.05, 3.63) is 42.2 Å². The second kappa shape index (κ2) is 4.74. The monoisotopic (exact) mass is 226 g/mol. The largest absolute Gasteiger partial charge is 0.345 e. The molecule has 3 rings (SSSR count). The molecule has 88 valence electrons. The van der Waals surface area contributed by atoms with Gasteiger partial charge in [-0.25, -0.2) is 4.98 Å². The van der Waals surface area contributed by atoms with Crippen LogP contribution in [-0.4, -0.2) is 9.97 Å². The van der Waals surface area contributed by atoms with Crippen LogP contribution in [0.25, 0.3) is 11.4 Å². The molecular weight excluding hydrogens is 208 g/mol. The van der Waals surface area contributed by atoms with E-state index in [-0.39, 0.29) is 0 Å². The van der Waals surface area contributed by atoms with E-state index in [1.165, 1.54) is 43.2 Å². The lowest BCUT2D eigenvalue weighted by Gasteiger charge is -2.21. The molecule has 2 aromatic rings. The molecule has 0 aliphatic heterocycles. The predicted molar refractivity (Wildman–Crippen MR) is 69.8 cm³/mol. The Labute approximate surface area is 102 Å². The minimum atomic E-state index is 0.786. The molecule has 2 heteroatoms. The van der Waals surface area contributed by atoms with Crippen molar-refractivity contribution in [3.8, 4) is 11.4 Å². The summed E-state index contributed by atoms with van der Waals surface area (Å²) in [6.45, 7) is 0. The van der Waals surface area contributed by atoms with E-state index in [1.54, 1.807) is 6.20 Å². The summed E-state index contributed by atoms with van der Waals surface area (Å²) < 4.78 is 0. The minimum Gasteiger partial charge on any atom is -0.345 e. The maximum Gasteiger partial charge on any atom is 0.137 e. The van der Waals surface area contributed by atoms with Gasteiger partial charge in [0.25, 0.3) is 0 Å². The van der Waals surface area contributed by atoms with E-state index in [2.05, 4.69) is 34.2 Å². The summed E-state index contributed by atoms with van der Waals surface area (Å²) in [6, 6.07) is 8.91. The molecule has 1 aliphatic carbocycles. The van der Waals surface area contributed by atoms with Crippen molar-refractivity contribution in [1.29, 1.82) is 0 Å². The van der Waals surface area contributed by atoms with Crippen molar-refractivity contribution in [2.24, 2.45) is 0 Å². The van der Waals surface area contributed by atoms with Gasteiger partial charge in [0.1, 0.15) is 5.82 Å². The fourth-order valence-corrected chi connectivity index (χ4v) is 2.77. The average molecular weight is 226 g/mol. The van der Waals surface area contributed by atoms with Gasteiger partial charge in [-0.05, 0) is 24.3 Å². The maximum atomic E-state index is 4.27. The maximum absolute atomic E-state index is 4.27. The Hall–Kier alpha value is -1.57. The number of nitrogens with one attached hydrogen (secondary N) is 1. The zero-order valence-electron chi connectivity index (χ0n) is 10.0. The summed E-state index contributed by atoms with van der Waals surface area (Å²) in [5.74, 6) is 1.74. The number of aromatic nitrogens is 2. The number of hydrogen-bond donors (Lipinski definition) is 1. The van der Waals surface area contributed by atoms with Crippen LogP contribution >= 0.6 is 0 Å². The fourth-order valence-electron chi connectivity index (χ4n) is 2.77. The first-order valence-corrected chi connectivity index (χ1v) is 6.53. The molecule has 0 atom stereocenters. The molecule has 0 spiro atoms. The SMILES string of the molecule is c1c[nH]c(-c2ccc(C3CCCCC3)cc2)n1. The zero-order chi connectivity index (χ0) is 11.5. The van der Waals surface area contributed by atoms with Crippen LogP contribution < -0.4 is 0 Å². The lowest BCUT2D eigenvalue weighted by Crippen LogP contribution is -2.04. The number of benzene rings is 1. The Bertz CT molecular complexity index is 450. The van der Waals surface area contributed by atoms with Gasteiger partial charge in [0.05, 0.1) is 0 Å². The van der Waals surface area contributed by atoms with Crippen molar-refractivity contribution in [2.45, 2.75) is 38.0 Å². The molecule has 1 aromatic heterocycles. The molecule has 1 aromatic carbocycles. The Morgan fingerprint density at radius 1 is 1.00 bits per heavy atom. The third kappa shape index (κ3) is 2.26. The number of nitrogens with zero attached hydrogens (tertiary/aromatic N) is 1. The predicted octanol–water partition coefficient (Wildman–Crippen LogP) is 4.12. The molecule has 1 fully saturated rings. The van der Waals surface area contributed by atoms with Crippen LogP contribution in [0.3, 0.4) is 0 Å². The smallest absolute Gasteiger partial charge is 0.137 e. The van der Waals surface area contributed by atoms with Crippen LogP contribution in [0.1, 0.15) is 43.6 Å². The van der Waals surface area contributed by atoms with Crippen LogP contribution in [-0.2, 0) is 0 Å².